The van der Waals surface area contributed by atoms with E-state index in [1.165, 1.54) is 13.2 Å². The second-order valence-corrected chi connectivity index (χ2v) is 5.17. The molecule has 0 spiro atoms. The topological polar surface area (TPSA) is 75.6 Å². The van der Waals surface area contributed by atoms with E-state index in [1.807, 2.05) is 0 Å². The fourth-order valence-corrected chi connectivity index (χ4v) is 1.90. The zero-order valence-electron chi connectivity index (χ0n) is 8.82. The quantitative estimate of drug-likeness (QED) is 0.764. The molecular formula is C9H12FNO4S. The molecule has 16 heavy (non-hydrogen) atoms. The van der Waals surface area contributed by atoms with Crippen molar-refractivity contribution >= 4 is 9.84 Å². The van der Waals surface area contributed by atoms with Crippen molar-refractivity contribution in [1.82, 2.24) is 5.48 Å². The molecule has 0 heterocycles. The molecule has 0 unspecified atom stereocenters. The van der Waals surface area contributed by atoms with Crippen LogP contribution in [0.3, 0.4) is 0 Å². The van der Waals surface area contributed by atoms with Gasteiger partial charge >= 0.3 is 0 Å². The number of phenolic OH excluding ortho intramolecular Hbond substituents is 1. The van der Waals surface area contributed by atoms with E-state index in [9.17, 15) is 17.9 Å². The van der Waals surface area contributed by atoms with Crippen LogP contribution in [0.2, 0.25) is 0 Å². The predicted octanol–water partition coefficient (Wildman–Crippen LogP) is 0.586. The van der Waals surface area contributed by atoms with Crippen molar-refractivity contribution in [3.63, 3.8) is 0 Å². The van der Waals surface area contributed by atoms with Crippen molar-refractivity contribution in [3.05, 3.63) is 23.5 Å². The molecule has 90 valence electrons. The fourth-order valence-electron chi connectivity index (χ4n) is 1.16. The van der Waals surface area contributed by atoms with Gasteiger partial charge in [-0.2, -0.15) is 5.48 Å². The predicted molar refractivity (Wildman–Crippen MR) is 55.0 cm³/mol. The average molecular weight is 249 g/mol. The van der Waals surface area contributed by atoms with E-state index in [2.05, 4.69) is 10.3 Å². The minimum absolute atomic E-state index is 0.0727. The van der Waals surface area contributed by atoms with Gasteiger partial charge < -0.3 is 9.94 Å². The van der Waals surface area contributed by atoms with Gasteiger partial charge in [-0.3, -0.25) is 0 Å². The Kier molecular flexibility index (Phi) is 3.84. The third-order valence-electron chi connectivity index (χ3n) is 1.97. The SMILES string of the molecule is CONCc1ccc(S(C)(=O)=O)c(F)c1O. The van der Waals surface area contributed by atoms with Gasteiger partial charge in [-0.05, 0) is 6.07 Å². The van der Waals surface area contributed by atoms with Gasteiger partial charge in [-0.15, -0.1) is 0 Å². The normalized spacial score (nSPS) is 11.7. The van der Waals surface area contributed by atoms with Crippen LogP contribution in [0.25, 0.3) is 0 Å². The summed E-state index contributed by atoms with van der Waals surface area (Å²) in [6.07, 6.45) is 0.873. The molecule has 0 aliphatic carbocycles. The van der Waals surface area contributed by atoms with Gasteiger partial charge in [0.2, 0.25) is 0 Å². The standard InChI is InChI=1S/C9H12FNO4S/c1-15-11-5-6-3-4-7(16(2,13)14)8(10)9(6)12/h3-4,11-12H,5H2,1-2H3. The lowest BCUT2D eigenvalue weighted by Crippen LogP contribution is -2.12. The lowest BCUT2D eigenvalue weighted by molar-refractivity contribution is 0.0860. The van der Waals surface area contributed by atoms with E-state index in [1.54, 1.807) is 0 Å². The van der Waals surface area contributed by atoms with Gasteiger partial charge in [-0.1, -0.05) is 6.07 Å². The van der Waals surface area contributed by atoms with Gasteiger partial charge in [0.25, 0.3) is 0 Å². The van der Waals surface area contributed by atoms with Crippen LogP contribution in [0.1, 0.15) is 5.56 Å². The lowest BCUT2D eigenvalue weighted by Gasteiger charge is -2.08. The molecule has 2 N–H and O–H groups in total. The Morgan fingerprint density at radius 1 is 1.50 bits per heavy atom. The van der Waals surface area contributed by atoms with Crippen molar-refractivity contribution in [2.24, 2.45) is 0 Å². The summed E-state index contributed by atoms with van der Waals surface area (Å²) in [5.74, 6) is -1.83. The van der Waals surface area contributed by atoms with E-state index in [-0.39, 0.29) is 12.1 Å². The zero-order chi connectivity index (χ0) is 12.3. The van der Waals surface area contributed by atoms with Gasteiger partial charge in [0, 0.05) is 18.4 Å². The molecule has 7 heteroatoms. The summed E-state index contributed by atoms with van der Waals surface area (Å²) in [5, 5.41) is 9.43. The minimum atomic E-state index is -3.68. The zero-order valence-corrected chi connectivity index (χ0v) is 9.64. The second kappa shape index (κ2) is 4.77. The molecule has 0 atom stereocenters. The highest BCUT2D eigenvalue weighted by Gasteiger charge is 2.19. The molecule has 0 fully saturated rings. The summed E-state index contributed by atoms with van der Waals surface area (Å²) in [6.45, 7) is 0.0727. The monoisotopic (exact) mass is 249 g/mol. The average Bonchev–Trinajstić information content (AvgIpc) is 2.18. The van der Waals surface area contributed by atoms with Crippen LogP contribution >= 0.6 is 0 Å². The maximum Gasteiger partial charge on any atom is 0.183 e. The lowest BCUT2D eigenvalue weighted by atomic mass is 10.2. The summed E-state index contributed by atoms with van der Waals surface area (Å²) < 4.78 is 35.8. The van der Waals surface area contributed by atoms with E-state index in [4.69, 9.17) is 0 Å². The highest BCUT2D eigenvalue weighted by Crippen LogP contribution is 2.27. The number of benzene rings is 1. The summed E-state index contributed by atoms with van der Waals surface area (Å²) >= 11 is 0. The van der Waals surface area contributed by atoms with Crippen molar-refractivity contribution in [1.29, 1.82) is 0 Å². The third-order valence-corrected chi connectivity index (χ3v) is 3.08. The molecule has 0 aromatic heterocycles. The summed E-state index contributed by atoms with van der Waals surface area (Å²) in [7, 11) is -2.31. The first-order chi connectivity index (χ1) is 7.38. The number of halogens is 1. The number of nitrogens with one attached hydrogen (secondary N) is 1. The molecule has 0 amide bonds. The number of hydroxylamine groups is 1. The summed E-state index contributed by atoms with van der Waals surface area (Å²) in [4.78, 5) is 4.01. The Hall–Kier alpha value is -1.18. The van der Waals surface area contributed by atoms with Crippen LogP contribution in [0.5, 0.6) is 5.75 Å². The van der Waals surface area contributed by atoms with Gasteiger partial charge in [0.1, 0.15) is 4.90 Å². The van der Waals surface area contributed by atoms with Crippen molar-refractivity contribution in [3.8, 4) is 5.75 Å². The Labute approximate surface area is 92.7 Å². The van der Waals surface area contributed by atoms with Crippen molar-refractivity contribution in [2.45, 2.75) is 11.4 Å². The Balaban J connectivity index is 3.19. The first-order valence-electron chi connectivity index (χ1n) is 4.34. The van der Waals surface area contributed by atoms with E-state index >= 15 is 0 Å². The molecule has 1 rings (SSSR count). The van der Waals surface area contributed by atoms with Crippen molar-refractivity contribution in [2.75, 3.05) is 13.4 Å². The smallest absolute Gasteiger partial charge is 0.183 e. The van der Waals surface area contributed by atoms with Gasteiger partial charge in [0.05, 0.1) is 7.11 Å². The molecule has 0 saturated carbocycles. The van der Waals surface area contributed by atoms with Crippen LogP contribution in [0.15, 0.2) is 17.0 Å². The molecule has 0 radical (unpaired) electrons. The van der Waals surface area contributed by atoms with Crippen LogP contribution in [0, 0.1) is 5.82 Å². The Morgan fingerprint density at radius 3 is 2.62 bits per heavy atom. The summed E-state index contributed by atoms with van der Waals surface area (Å²) in [6, 6.07) is 2.43. The Morgan fingerprint density at radius 2 is 2.12 bits per heavy atom. The highest BCUT2D eigenvalue weighted by atomic mass is 32.2. The third kappa shape index (κ3) is 2.69. The minimum Gasteiger partial charge on any atom is -0.505 e. The van der Waals surface area contributed by atoms with Crippen LogP contribution in [-0.4, -0.2) is 26.9 Å². The molecule has 0 bridgehead atoms. The van der Waals surface area contributed by atoms with Crippen LogP contribution in [-0.2, 0) is 21.2 Å². The molecular weight excluding hydrogens is 237 g/mol. The number of hydrogen-bond donors (Lipinski definition) is 2. The second-order valence-electron chi connectivity index (χ2n) is 3.18. The number of hydrogen-bond acceptors (Lipinski definition) is 5. The molecule has 0 aliphatic rings. The molecule has 1 aromatic rings. The molecule has 0 aliphatic heterocycles. The number of sulfone groups is 1. The number of rotatable bonds is 4. The highest BCUT2D eigenvalue weighted by molar-refractivity contribution is 7.90. The maximum absolute atomic E-state index is 13.5. The van der Waals surface area contributed by atoms with Crippen LogP contribution < -0.4 is 5.48 Å². The van der Waals surface area contributed by atoms with E-state index in [0.717, 1.165) is 12.3 Å². The van der Waals surface area contributed by atoms with Gasteiger partial charge in [0.15, 0.2) is 21.4 Å². The van der Waals surface area contributed by atoms with E-state index < -0.39 is 26.3 Å². The number of aromatic hydroxyl groups is 1. The molecule has 5 nitrogen and oxygen atoms in total. The maximum atomic E-state index is 13.5. The molecule has 0 saturated heterocycles. The van der Waals surface area contributed by atoms with Crippen LogP contribution in [0.4, 0.5) is 4.39 Å². The number of phenols is 1. The summed E-state index contributed by atoms with van der Waals surface area (Å²) in [5.41, 5.74) is 2.63. The fraction of sp³-hybridized carbons (Fsp3) is 0.333. The Bertz CT molecular complexity index is 487. The first kappa shape index (κ1) is 12.9. The molecule has 1 aromatic carbocycles. The van der Waals surface area contributed by atoms with Gasteiger partial charge in [-0.25, -0.2) is 12.8 Å². The first-order valence-corrected chi connectivity index (χ1v) is 6.23. The van der Waals surface area contributed by atoms with E-state index in [0.29, 0.717) is 0 Å². The largest absolute Gasteiger partial charge is 0.505 e. The van der Waals surface area contributed by atoms with Crippen molar-refractivity contribution < 1.29 is 22.8 Å².